The van der Waals surface area contributed by atoms with Crippen LogP contribution in [0.2, 0.25) is 0 Å². The van der Waals surface area contributed by atoms with Crippen LogP contribution in [0.25, 0.3) is 0 Å². The van der Waals surface area contributed by atoms with Gasteiger partial charge >= 0.3 is 5.97 Å². The molecule has 1 unspecified atom stereocenters. The smallest absolute Gasteiger partial charge is 0.315 e. The lowest BCUT2D eigenvalue weighted by Crippen LogP contribution is -2.19. The SMILES string of the molecule is COCC(C(=O)OC)c1ccncc1. The first-order chi connectivity index (χ1) is 6.79. The highest BCUT2D eigenvalue weighted by Gasteiger charge is 2.20. The highest BCUT2D eigenvalue weighted by atomic mass is 16.5. The summed E-state index contributed by atoms with van der Waals surface area (Å²) >= 11 is 0. The number of nitrogens with zero attached hydrogens (tertiary/aromatic N) is 1. The van der Waals surface area contributed by atoms with Crippen LogP contribution in [-0.4, -0.2) is 31.8 Å². The minimum atomic E-state index is -0.368. The molecule has 0 amide bonds. The molecule has 4 nitrogen and oxygen atoms in total. The molecule has 0 aromatic carbocycles. The van der Waals surface area contributed by atoms with Gasteiger partial charge in [-0.25, -0.2) is 0 Å². The predicted octanol–water partition coefficient (Wildman–Crippen LogP) is 0.985. The van der Waals surface area contributed by atoms with Crippen molar-refractivity contribution >= 4 is 5.97 Å². The minimum Gasteiger partial charge on any atom is -0.468 e. The van der Waals surface area contributed by atoms with E-state index in [0.717, 1.165) is 5.56 Å². The minimum absolute atomic E-state index is 0.293. The fourth-order valence-corrected chi connectivity index (χ4v) is 1.21. The van der Waals surface area contributed by atoms with Crippen molar-refractivity contribution in [3.63, 3.8) is 0 Å². The third-order valence-corrected chi connectivity index (χ3v) is 1.93. The van der Waals surface area contributed by atoms with Crippen molar-refractivity contribution in [3.8, 4) is 0 Å². The Morgan fingerprint density at radius 1 is 1.43 bits per heavy atom. The zero-order chi connectivity index (χ0) is 10.4. The van der Waals surface area contributed by atoms with Crippen molar-refractivity contribution in [2.45, 2.75) is 5.92 Å². The van der Waals surface area contributed by atoms with Crippen LogP contribution in [-0.2, 0) is 14.3 Å². The maximum atomic E-state index is 11.4. The first kappa shape index (κ1) is 10.7. The van der Waals surface area contributed by atoms with Gasteiger partial charge in [-0.3, -0.25) is 9.78 Å². The first-order valence-electron chi connectivity index (χ1n) is 4.26. The largest absolute Gasteiger partial charge is 0.468 e. The number of pyridine rings is 1. The van der Waals surface area contributed by atoms with Gasteiger partial charge in [0, 0.05) is 19.5 Å². The number of esters is 1. The maximum absolute atomic E-state index is 11.4. The van der Waals surface area contributed by atoms with E-state index in [1.54, 1.807) is 31.6 Å². The Labute approximate surface area is 82.9 Å². The second kappa shape index (κ2) is 5.34. The number of hydrogen-bond donors (Lipinski definition) is 0. The van der Waals surface area contributed by atoms with Crippen LogP contribution in [0.15, 0.2) is 24.5 Å². The average Bonchev–Trinajstić information content (AvgIpc) is 2.26. The molecule has 0 saturated heterocycles. The molecule has 1 heterocycles. The van der Waals surface area contributed by atoms with Gasteiger partial charge in [-0.05, 0) is 17.7 Å². The average molecular weight is 195 g/mol. The van der Waals surface area contributed by atoms with Crippen molar-refractivity contribution in [2.75, 3.05) is 20.8 Å². The van der Waals surface area contributed by atoms with Gasteiger partial charge in [-0.2, -0.15) is 0 Å². The second-order valence-electron chi connectivity index (χ2n) is 2.81. The summed E-state index contributed by atoms with van der Waals surface area (Å²) in [6.07, 6.45) is 3.28. The summed E-state index contributed by atoms with van der Waals surface area (Å²) in [5, 5.41) is 0. The topological polar surface area (TPSA) is 48.4 Å². The summed E-state index contributed by atoms with van der Waals surface area (Å²) in [5.41, 5.74) is 0.855. The number of carbonyl (C=O) groups is 1. The van der Waals surface area contributed by atoms with Crippen molar-refractivity contribution < 1.29 is 14.3 Å². The summed E-state index contributed by atoms with van der Waals surface area (Å²) in [6, 6.07) is 3.56. The fraction of sp³-hybridized carbons (Fsp3) is 0.400. The summed E-state index contributed by atoms with van der Waals surface area (Å²) in [5.74, 6) is -0.661. The standard InChI is InChI=1S/C10H13NO3/c1-13-7-9(10(12)14-2)8-3-5-11-6-4-8/h3-6,9H,7H2,1-2H3. The first-order valence-corrected chi connectivity index (χ1v) is 4.26. The van der Waals surface area contributed by atoms with E-state index in [0.29, 0.717) is 6.61 Å². The lowest BCUT2D eigenvalue weighted by atomic mass is 10.0. The number of methoxy groups -OCH3 is 2. The molecule has 14 heavy (non-hydrogen) atoms. The maximum Gasteiger partial charge on any atom is 0.315 e. The third kappa shape index (κ3) is 2.53. The van der Waals surface area contributed by atoms with E-state index in [-0.39, 0.29) is 11.9 Å². The van der Waals surface area contributed by atoms with Crippen LogP contribution >= 0.6 is 0 Å². The molecule has 1 aromatic heterocycles. The molecule has 1 aromatic rings. The molecule has 0 aliphatic rings. The summed E-state index contributed by atoms with van der Waals surface area (Å²) < 4.78 is 9.64. The monoisotopic (exact) mass is 195 g/mol. The van der Waals surface area contributed by atoms with E-state index >= 15 is 0 Å². The van der Waals surface area contributed by atoms with Crippen molar-refractivity contribution in [1.29, 1.82) is 0 Å². The van der Waals surface area contributed by atoms with Gasteiger partial charge in [0.1, 0.15) is 5.92 Å². The van der Waals surface area contributed by atoms with Gasteiger partial charge in [-0.15, -0.1) is 0 Å². The molecule has 0 fully saturated rings. The Balaban J connectivity index is 2.83. The second-order valence-corrected chi connectivity index (χ2v) is 2.81. The molecule has 0 aliphatic heterocycles. The summed E-state index contributed by atoms with van der Waals surface area (Å²) in [7, 11) is 2.92. The summed E-state index contributed by atoms with van der Waals surface area (Å²) in [6.45, 7) is 0.316. The highest BCUT2D eigenvalue weighted by molar-refractivity contribution is 5.78. The van der Waals surface area contributed by atoms with Gasteiger partial charge in [0.25, 0.3) is 0 Å². The molecule has 0 radical (unpaired) electrons. The van der Waals surface area contributed by atoms with Crippen LogP contribution in [0.4, 0.5) is 0 Å². The normalized spacial score (nSPS) is 12.1. The molecule has 0 aliphatic carbocycles. The molecule has 4 heteroatoms. The molecule has 0 spiro atoms. The predicted molar refractivity (Wildman–Crippen MR) is 50.9 cm³/mol. The Morgan fingerprint density at radius 2 is 2.07 bits per heavy atom. The van der Waals surface area contributed by atoms with Gasteiger partial charge < -0.3 is 9.47 Å². The number of hydrogen-bond acceptors (Lipinski definition) is 4. The van der Waals surface area contributed by atoms with E-state index < -0.39 is 0 Å². The third-order valence-electron chi connectivity index (χ3n) is 1.93. The number of rotatable bonds is 4. The zero-order valence-electron chi connectivity index (χ0n) is 8.27. The van der Waals surface area contributed by atoms with Crippen molar-refractivity contribution in [1.82, 2.24) is 4.98 Å². The van der Waals surface area contributed by atoms with Gasteiger partial charge in [0.05, 0.1) is 13.7 Å². The molecule has 0 saturated carbocycles. The molecular weight excluding hydrogens is 182 g/mol. The lowest BCUT2D eigenvalue weighted by Gasteiger charge is -2.13. The molecule has 0 N–H and O–H groups in total. The van der Waals surface area contributed by atoms with Crippen molar-refractivity contribution in [3.05, 3.63) is 30.1 Å². The Kier molecular flexibility index (Phi) is 4.07. The highest BCUT2D eigenvalue weighted by Crippen LogP contribution is 2.16. The van der Waals surface area contributed by atoms with E-state index in [2.05, 4.69) is 9.72 Å². The summed E-state index contributed by atoms with van der Waals surface area (Å²) in [4.78, 5) is 15.3. The molecule has 76 valence electrons. The molecule has 1 atom stereocenters. The zero-order valence-corrected chi connectivity index (χ0v) is 8.27. The van der Waals surface area contributed by atoms with Crippen LogP contribution in [0.3, 0.4) is 0 Å². The quantitative estimate of drug-likeness (QED) is 0.672. The molecular formula is C10H13NO3. The molecule has 0 bridgehead atoms. The van der Waals surface area contributed by atoms with Crippen LogP contribution < -0.4 is 0 Å². The van der Waals surface area contributed by atoms with E-state index in [1.165, 1.54) is 7.11 Å². The Bertz CT molecular complexity index is 287. The van der Waals surface area contributed by atoms with Crippen LogP contribution in [0, 0.1) is 0 Å². The molecule has 1 rings (SSSR count). The van der Waals surface area contributed by atoms with Crippen molar-refractivity contribution in [2.24, 2.45) is 0 Å². The fourth-order valence-electron chi connectivity index (χ4n) is 1.21. The van der Waals surface area contributed by atoms with E-state index in [9.17, 15) is 4.79 Å². The Morgan fingerprint density at radius 3 is 2.57 bits per heavy atom. The van der Waals surface area contributed by atoms with Crippen LogP contribution in [0.5, 0.6) is 0 Å². The van der Waals surface area contributed by atoms with Gasteiger partial charge in [-0.1, -0.05) is 0 Å². The Hall–Kier alpha value is -1.42. The van der Waals surface area contributed by atoms with Gasteiger partial charge in [0.15, 0.2) is 0 Å². The number of ether oxygens (including phenoxy) is 2. The van der Waals surface area contributed by atoms with Crippen LogP contribution in [0.1, 0.15) is 11.5 Å². The number of aromatic nitrogens is 1. The van der Waals surface area contributed by atoms with Gasteiger partial charge in [0.2, 0.25) is 0 Å². The lowest BCUT2D eigenvalue weighted by molar-refractivity contribution is -0.143. The van der Waals surface area contributed by atoms with E-state index in [4.69, 9.17) is 4.74 Å². The number of carbonyl (C=O) groups excluding carboxylic acids is 1. The van der Waals surface area contributed by atoms with E-state index in [1.807, 2.05) is 0 Å².